The van der Waals surface area contributed by atoms with Crippen LogP contribution >= 0.6 is 22.9 Å². The van der Waals surface area contributed by atoms with E-state index in [1.807, 2.05) is 12.1 Å². The van der Waals surface area contributed by atoms with Crippen LogP contribution in [0.5, 0.6) is 0 Å². The first-order valence-electron chi connectivity index (χ1n) is 5.07. The van der Waals surface area contributed by atoms with Gasteiger partial charge < -0.3 is 16.2 Å². The molecule has 0 amide bonds. The zero-order valence-electron chi connectivity index (χ0n) is 8.58. The summed E-state index contributed by atoms with van der Waals surface area (Å²) >= 11 is 7.42. The summed E-state index contributed by atoms with van der Waals surface area (Å²) in [5.41, 5.74) is 5.68. The molecule has 0 aliphatic heterocycles. The number of halogens is 1. The van der Waals surface area contributed by atoms with E-state index in [1.54, 1.807) is 11.3 Å². The number of hydrogen-bond acceptors (Lipinski definition) is 4. The van der Waals surface area contributed by atoms with Crippen LogP contribution in [0.4, 0.5) is 0 Å². The largest absolute Gasteiger partial charge is 0.396 e. The van der Waals surface area contributed by atoms with Crippen molar-refractivity contribution in [2.24, 2.45) is 5.73 Å². The van der Waals surface area contributed by atoms with Gasteiger partial charge >= 0.3 is 0 Å². The topological polar surface area (TPSA) is 58.3 Å². The second-order valence-electron chi connectivity index (χ2n) is 3.32. The summed E-state index contributed by atoms with van der Waals surface area (Å²) in [5.74, 6) is 0. The maximum atomic E-state index is 8.64. The van der Waals surface area contributed by atoms with Crippen LogP contribution in [-0.4, -0.2) is 24.8 Å². The smallest absolute Gasteiger partial charge is 0.0931 e. The van der Waals surface area contributed by atoms with Crippen molar-refractivity contribution >= 4 is 22.9 Å². The third-order valence-electron chi connectivity index (χ3n) is 2.15. The van der Waals surface area contributed by atoms with E-state index < -0.39 is 0 Å². The molecule has 1 heterocycles. The van der Waals surface area contributed by atoms with Crippen molar-refractivity contribution in [3.8, 4) is 0 Å². The van der Waals surface area contributed by atoms with Gasteiger partial charge in [0.05, 0.1) is 10.4 Å². The standard InChI is InChI=1S/C10H17ClN2OS/c11-10-4-3-9(15-10)8(7-12)13-5-1-2-6-14/h3-4,8,13-14H,1-2,5-7,12H2. The minimum absolute atomic E-state index is 0.182. The van der Waals surface area contributed by atoms with E-state index in [4.69, 9.17) is 22.4 Å². The average Bonchev–Trinajstić information content (AvgIpc) is 2.65. The number of unbranched alkanes of at least 4 members (excludes halogenated alkanes) is 1. The van der Waals surface area contributed by atoms with Crippen molar-refractivity contribution < 1.29 is 5.11 Å². The van der Waals surface area contributed by atoms with Crippen molar-refractivity contribution in [2.45, 2.75) is 18.9 Å². The first-order valence-corrected chi connectivity index (χ1v) is 6.27. The summed E-state index contributed by atoms with van der Waals surface area (Å²) in [5, 5.41) is 12.0. The Labute approximate surface area is 99.2 Å². The molecule has 0 aliphatic carbocycles. The van der Waals surface area contributed by atoms with Crippen molar-refractivity contribution in [3.63, 3.8) is 0 Å². The summed E-state index contributed by atoms with van der Waals surface area (Å²) in [4.78, 5) is 1.17. The molecular formula is C10H17ClN2OS. The molecule has 0 fully saturated rings. The van der Waals surface area contributed by atoms with E-state index in [-0.39, 0.29) is 12.6 Å². The highest BCUT2D eigenvalue weighted by Crippen LogP contribution is 2.26. The molecule has 1 aromatic rings. The Morgan fingerprint density at radius 1 is 1.47 bits per heavy atom. The maximum absolute atomic E-state index is 8.64. The number of rotatable bonds is 7. The molecule has 0 saturated carbocycles. The Morgan fingerprint density at radius 2 is 2.27 bits per heavy atom. The van der Waals surface area contributed by atoms with Crippen LogP contribution in [0.2, 0.25) is 4.34 Å². The van der Waals surface area contributed by atoms with Crippen LogP contribution in [-0.2, 0) is 0 Å². The molecule has 0 saturated heterocycles. The van der Waals surface area contributed by atoms with Crippen LogP contribution in [0.1, 0.15) is 23.8 Å². The number of nitrogens with one attached hydrogen (secondary N) is 1. The van der Waals surface area contributed by atoms with E-state index in [1.165, 1.54) is 4.88 Å². The first-order chi connectivity index (χ1) is 7.27. The first kappa shape index (κ1) is 12.9. The molecule has 15 heavy (non-hydrogen) atoms. The molecular weight excluding hydrogens is 232 g/mol. The highest BCUT2D eigenvalue weighted by Gasteiger charge is 2.10. The fourth-order valence-electron chi connectivity index (χ4n) is 1.33. The quantitative estimate of drug-likeness (QED) is 0.645. The minimum atomic E-state index is 0.182. The van der Waals surface area contributed by atoms with E-state index in [9.17, 15) is 0 Å². The molecule has 0 spiro atoms. The predicted octanol–water partition coefficient (Wildman–Crippen LogP) is 1.76. The number of hydrogen-bond donors (Lipinski definition) is 3. The molecule has 0 radical (unpaired) electrons. The zero-order valence-corrected chi connectivity index (χ0v) is 10.2. The molecule has 86 valence electrons. The van der Waals surface area contributed by atoms with Crippen LogP contribution < -0.4 is 11.1 Å². The third-order valence-corrected chi connectivity index (χ3v) is 3.49. The van der Waals surface area contributed by atoms with Crippen LogP contribution in [0, 0.1) is 0 Å². The summed E-state index contributed by atoms with van der Waals surface area (Å²) in [6, 6.07) is 4.07. The number of thiophene rings is 1. The maximum Gasteiger partial charge on any atom is 0.0931 e. The fourth-order valence-corrected chi connectivity index (χ4v) is 2.48. The fraction of sp³-hybridized carbons (Fsp3) is 0.600. The van der Waals surface area contributed by atoms with E-state index >= 15 is 0 Å². The van der Waals surface area contributed by atoms with Crippen molar-refractivity contribution in [3.05, 3.63) is 21.3 Å². The van der Waals surface area contributed by atoms with Gasteiger partial charge in [-0.15, -0.1) is 11.3 Å². The molecule has 0 aliphatic rings. The zero-order chi connectivity index (χ0) is 11.1. The molecule has 0 bridgehead atoms. The van der Waals surface area contributed by atoms with Crippen molar-refractivity contribution in [1.82, 2.24) is 5.32 Å². The van der Waals surface area contributed by atoms with Crippen molar-refractivity contribution in [2.75, 3.05) is 19.7 Å². The second kappa shape index (κ2) is 7.19. The van der Waals surface area contributed by atoms with Crippen LogP contribution in [0.15, 0.2) is 12.1 Å². The average molecular weight is 249 g/mol. The van der Waals surface area contributed by atoms with Crippen LogP contribution in [0.25, 0.3) is 0 Å². The lowest BCUT2D eigenvalue weighted by Gasteiger charge is -2.14. The number of aliphatic hydroxyl groups is 1. The molecule has 1 aromatic heterocycles. The van der Waals surface area contributed by atoms with Gasteiger partial charge in [0, 0.05) is 18.0 Å². The Balaban J connectivity index is 2.35. The van der Waals surface area contributed by atoms with E-state index in [0.717, 1.165) is 23.7 Å². The third kappa shape index (κ3) is 4.49. The molecule has 3 nitrogen and oxygen atoms in total. The molecule has 1 unspecified atom stereocenters. The molecule has 0 aromatic carbocycles. The highest BCUT2D eigenvalue weighted by molar-refractivity contribution is 7.16. The van der Waals surface area contributed by atoms with E-state index in [2.05, 4.69) is 5.32 Å². The molecule has 1 atom stereocenters. The van der Waals surface area contributed by atoms with Gasteiger partial charge in [0.2, 0.25) is 0 Å². The number of nitrogens with two attached hydrogens (primary N) is 1. The van der Waals surface area contributed by atoms with Gasteiger partial charge in [-0.25, -0.2) is 0 Å². The lowest BCUT2D eigenvalue weighted by molar-refractivity contribution is 0.282. The summed E-state index contributed by atoms with van der Waals surface area (Å²) in [6.45, 7) is 1.69. The van der Waals surface area contributed by atoms with Gasteiger partial charge in [0.25, 0.3) is 0 Å². The van der Waals surface area contributed by atoms with Gasteiger partial charge in [-0.3, -0.25) is 0 Å². The molecule has 1 rings (SSSR count). The van der Waals surface area contributed by atoms with E-state index in [0.29, 0.717) is 6.54 Å². The number of aliphatic hydroxyl groups excluding tert-OH is 1. The second-order valence-corrected chi connectivity index (χ2v) is 5.06. The highest BCUT2D eigenvalue weighted by atomic mass is 35.5. The summed E-state index contributed by atoms with van der Waals surface area (Å²) in [7, 11) is 0. The normalized spacial score (nSPS) is 13.0. The monoisotopic (exact) mass is 248 g/mol. The van der Waals surface area contributed by atoms with Gasteiger partial charge in [0.15, 0.2) is 0 Å². The Hall–Kier alpha value is -0.130. The SMILES string of the molecule is NCC(NCCCCO)c1ccc(Cl)s1. The summed E-state index contributed by atoms with van der Waals surface area (Å²) < 4.78 is 0.792. The lowest BCUT2D eigenvalue weighted by Crippen LogP contribution is -2.28. The Kier molecular flexibility index (Phi) is 6.20. The van der Waals surface area contributed by atoms with Gasteiger partial charge in [0.1, 0.15) is 0 Å². The van der Waals surface area contributed by atoms with Crippen LogP contribution in [0.3, 0.4) is 0 Å². The van der Waals surface area contributed by atoms with Gasteiger partial charge in [-0.05, 0) is 31.5 Å². The lowest BCUT2D eigenvalue weighted by atomic mass is 10.2. The Bertz CT molecular complexity index is 280. The van der Waals surface area contributed by atoms with Crippen molar-refractivity contribution in [1.29, 1.82) is 0 Å². The summed E-state index contributed by atoms with van der Waals surface area (Å²) in [6.07, 6.45) is 1.79. The minimum Gasteiger partial charge on any atom is -0.396 e. The van der Waals surface area contributed by atoms with Gasteiger partial charge in [-0.2, -0.15) is 0 Å². The molecule has 5 heteroatoms. The predicted molar refractivity (Wildman–Crippen MR) is 65.4 cm³/mol. The molecule has 4 N–H and O–H groups in total. The van der Waals surface area contributed by atoms with Gasteiger partial charge in [-0.1, -0.05) is 11.6 Å². The Morgan fingerprint density at radius 3 is 2.80 bits per heavy atom.